The van der Waals surface area contributed by atoms with Gasteiger partial charge < -0.3 is 10.1 Å². The number of rotatable bonds is 5. The lowest BCUT2D eigenvalue weighted by molar-refractivity contribution is -0.0353. The monoisotopic (exact) mass is 446 g/mol. The molecule has 2 atom stereocenters. The van der Waals surface area contributed by atoms with Gasteiger partial charge in [-0.2, -0.15) is 0 Å². The molecular weight excluding hydrogens is 408 g/mol. The molecule has 6 rings (SSSR count). The number of nitrogens with one attached hydrogen (secondary N) is 1. The molecule has 3 saturated heterocycles. The molecule has 3 fully saturated rings. The zero-order valence-electron chi connectivity index (χ0n) is 20.4. The Bertz CT molecular complexity index is 989. The van der Waals surface area contributed by atoms with E-state index >= 15 is 0 Å². The van der Waals surface area contributed by atoms with E-state index in [1.165, 1.54) is 34.2 Å². The molecule has 3 aliphatic heterocycles. The summed E-state index contributed by atoms with van der Waals surface area (Å²) in [6.07, 6.45) is 6.47. The van der Waals surface area contributed by atoms with Crippen LogP contribution in [-0.2, 0) is 17.6 Å². The number of ether oxygens (including phenoxy) is 1. The molecule has 1 N–H and O–H groups in total. The predicted molar refractivity (Wildman–Crippen MR) is 133 cm³/mol. The molecular formula is C29H38N2O2. The fourth-order valence-electron chi connectivity index (χ4n) is 6.06. The van der Waals surface area contributed by atoms with Gasteiger partial charge in [0.2, 0.25) is 0 Å². The molecule has 0 aromatic heterocycles. The van der Waals surface area contributed by atoms with Gasteiger partial charge in [0.1, 0.15) is 6.10 Å². The molecule has 176 valence electrons. The number of amides is 1. The Hall–Kier alpha value is -2.33. The topological polar surface area (TPSA) is 41.6 Å². The van der Waals surface area contributed by atoms with E-state index < -0.39 is 0 Å². The summed E-state index contributed by atoms with van der Waals surface area (Å²) in [6, 6.07) is 15.7. The quantitative estimate of drug-likeness (QED) is 0.600. The van der Waals surface area contributed by atoms with Gasteiger partial charge in [-0.15, -0.1) is 0 Å². The standard InChI is InChI=1S/C29H38N2O2/c1-4-5-20-6-8-21(9-7-20)23-10-11-25-24(18-23)12-15-29(2,3)27(25)30-28(32)33-26-19-31-16-13-22(26)14-17-31/h6-11,18,22,26-27H,4-5,12-17,19H2,1-3H3,(H,30,32)/t26-,27+/m1/s1. The van der Waals surface area contributed by atoms with Gasteiger partial charge in [0, 0.05) is 6.54 Å². The van der Waals surface area contributed by atoms with Crippen LogP contribution in [0.3, 0.4) is 0 Å². The van der Waals surface area contributed by atoms with E-state index in [0.29, 0.717) is 5.92 Å². The number of alkyl carbamates (subject to hydrolysis) is 1. The van der Waals surface area contributed by atoms with Gasteiger partial charge in [-0.3, -0.25) is 4.90 Å². The Morgan fingerprint density at radius 1 is 1.09 bits per heavy atom. The van der Waals surface area contributed by atoms with Gasteiger partial charge in [-0.05, 0) is 84.3 Å². The normalized spacial score (nSPS) is 27.6. The van der Waals surface area contributed by atoms with Gasteiger partial charge >= 0.3 is 6.09 Å². The lowest BCUT2D eigenvalue weighted by atomic mass is 9.70. The van der Waals surface area contributed by atoms with Gasteiger partial charge in [0.15, 0.2) is 0 Å². The van der Waals surface area contributed by atoms with Gasteiger partial charge in [-0.1, -0.05) is 69.7 Å². The number of hydrogen-bond donors (Lipinski definition) is 1. The number of fused-ring (bicyclic) bond motifs is 4. The van der Waals surface area contributed by atoms with Crippen LogP contribution in [0.25, 0.3) is 11.1 Å². The number of aryl methyl sites for hydroxylation is 2. The molecule has 0 spiro atoms. The third kappa shape index (κ3) is 4.68. The van der Waals surface area contributed by atoms with Crippen LogP contribution in [0.4, 0.5) is 4.79 Å². The molecule has 0 saturated carbocycles. The fourth-order valence-corrected chi connectivity index (χ4v) is 6.06. The Morgan fingerprint density at radius 3 is 2.48 bits per heavy atom. The van der Waals surface area contributed by atoms with Crippen molar-refractivity contribution in [2.45, 2.75) is 71.4 Å². The molecule has 2 aromatic rings. The summed E-state index contributed by atoms with van der Waals surface area (Å²) in [5.74, 6) is 0.527. The lowest BCUT2D eigenvalue weighted by Crippen LogP contribution is -2.53. The highest BCUT2D eigenvalue weighted by atomic mass is 16.6. The Morgan fingerprint density at radius 2 is 1.82 bits per heavy atom. The maximum absolute atomic E-state index is 13.0. The van der Waals surface area contributed by atoms with Crippen LogP contribution < -0.4 is 5.32 Å². The van der Waals surface area contributed by atoms with Crippen molar-refractivity contribution < 1.29 is 9.53 Å². The number of benzene rings is 2. The second kappa shape index (κ2) is 9.13. The third-order valence-corrected chi connectivity index (χ3v) is 8.22. The minimum atomic E-state index is -0.254. The van der Waals surface area contributed by atoms with Crippen molar-refractivity contribution in [2.75, 3.05) is 19.6 Å². The van der Waals surface area contributed by atoms with E-state index in [1.54, 1.807) is 0 Å². The zero-order valence-corrected chi connectivity index (χ0v) is 20.4. The molecule has 2 bridgehead atoms. The van der Waals surface area contributed by atoms with Gasteiger partial charge in [0.25, 0.3) is 0 Å². The summed E-state index contributed by atoms with van der Waals surface area (Å²) in [6.45, 7) is 9.93. The van der Waals surface area contributed by atoms with Crippen molar-refractivity contribution in [1.29, 1.82) is 0 Å². The molecule has 0 unspecified atom stereocenters. The first-order valence-electron chi connectivity index (χ1n) is 12.8. The molecule has 4 aliphatic rings. The number of nitrogens with zero attached hydrogens (tertiary/aromatic N) is 1. The fraction of sp³-hybridized carbons (Fsp3) is 0.552. The molecule has 33 heavy (non-hydrogen) atoms. The minimum absolute atomic E-state index is 0.00952. The van der Waals surface area contributed by atoms with Crippen LogP contribution in [0, 0.1) is 11.3 Å². The van der Waals surface area contributed by atoms with E-state index in [9.17, 15) is 4.79 Å². The molecule has 4 heteroatoms. The third-order valence-electron chi connectivity index (χ3n) is 8.22. The molecule has 2 aromatic carbocycles. The summed E-state index contributed by atoms with van der Waals surface area (Å²) in [5, 5.41) is 3.27. The maximum Gasteiger partial charge on any atom is 0.407 e. The summed E-state index contributed by atoms with van der Waals surface area (Å²) in [7, 11) is 0. The van der Waals surface area contributed by atoms with E-state index in [2.05, 4.69) is 73.5 Å². The second-order valence-corrected chi connectivity index (χ2v) is 11.0. The Kier molecular flexibility index (Phi) is 6.22. The molecule has 0 radical (unpaired) electrons. The number of carbonyl (C=O) groups is 1. The summed E-state index contributed by atoms with van der Waals surface area (Å²) in [4.78, 5) is 15.4. The van der Waals surface area contributed by atoms with Crippen LogP contribution in [0.2, 0.25) is 0 Å². The molecule has 4 nitrogen and oxygen atoms in total. The zero-order chi connectivity index (χ0) is 23.0. The first-order valence-corrected chi connectivity index (χ1v) is 12.8. The van der Waals surface area contributed by atoms with Crippen LogP contribution in [-0.4, -0.2) is 36.7 Å². The number of hydrogen-bond acceptors (Lipinski definition) is 3. The van der Waals surface area contributed by atoms with Crippen LogP contribution in [0.15, 0.2) is 42.5 Å². The number of carbonyl (C=O) groups excluding carboxylic acids is 1. The second-order valence-electron chi connectivity index (χ2n) is 11.0. The highest BCUT2D eigenvalue weighted by Gasteiger charge is 2.40. The van der Waals surface area contributed by atoms with E-state index in [4.69, 9.17) is 4.74 Å². The van der Waals surface area contributed by atoms with Crippen LogP contribution >= 0.6 is 0 Å². The first kappa shape index (κ1) is 22.5. The van der Waals surface area contributed by atoms with E-state index in [0.717, 1.165) is 51.7 Å². The summed E-state index contributed by atoms with van der Waals surface area (Å²) >= 11 is 0. The minimum Gasteiger partial charge on any atom is -0.445 e. The van der Waals surface area contributed by atoms with Crippen molar-refractivity contribution in [3.8, 4) is 11.1 Å². The average molecular weight is 447 g/mol. The highest BCUT2D eigenvalue weighted by molar-refractivity contribution is 5.70. The lowest BCUT2D eigenvalue weighted by Gasteiger charge is -2.44. The predicted octanol–water partition coefficient (Wildman–Crippen LogP) is 6.14. The Balaban J connectivity index is 1.32. The summed E-state index contributed by atoms with van der Waals surface area (Å²) in [5.41, 5.74) is 6.48. The maximum atomic E-state index is 13.0. The van der Waals surface area contributed by atoms with E-state index in [1.807, 2.05) is 0 Å². The van der Waals surface area contributed by atoms with Crippen molar-refractivity contribution >= 4 is 6.09 Å². The summed E-state index contributed by atoms with van der Waals surface area (Å²) < 4.78 is 5.97. The Labute approximate surface area is 198 Å². The van der Waals surface area contributed by atoms with Crippen molar-refractivity contribution in [1.82, 2.24) is 10.2 Å². The van der Waals surface area contributed by atoms with Crippen LogP contribution in [0.5, 0.6) is 0 Å². The van der Waals surface area contributed by atoms with Gasteiger partial charge in [-0.25, -0.2) is 4.79 Å². The first-order chi connectivity index (χ1) is 15.9. The van der Waals surface area contributed by atoms with Gasteiger partial charge in [0.05, 0.1) is 6.04 Å². The van der Waals surface area contributed by atoms with Crippen molar-refractivity contribution in [2.24, 2.45) is 11.3 Å². The smallest absolute Gasteiger partial charge is 0.407 e. The molecule has 3 heterocycles. The van der Waals surface area contributed by atoms with E-state index in [-0.39, 0.29) is 23.7 Å². The van der Waals surface area contributed by atoms with Crippen molar-refractivity contribution in [3.63, 3.8) is 0 Å². The SMILES string of the molecule is CCCc1ccc(-c2ccc3c(c2)CCC(C)(C)[C@H]3NC(=O)O[C@@H]2CN3CCC2CC3)cc1. The van der Waals surface area contributed by atoms with Crippen molar-refractivity contribution in [3.05, 3.63) is 59.2 Å². The molecule has 1 aliphatic carbocycles. The van der Waals surface area contributed by atoms with Crippen LogP contribution in [0.1, 0.15) is 69.2 Å². The average Bonchev–Trinajstić information content (AvgIpc) is 2.82. The number of piperidine rings is 3. The highest BCUT2D eigenvalue weighted by Crippen LogP contribution is 2.44. The largest absolute Gasteiger partial charge is 0.445 e. The molecule has 1 amide bonds.